The van der Waals surface area contributed by atoms with Crippen molar-refractivity contribution < 1.29 is 14.3 Å². The molecule has 0 aliphatic heterocycles. The molecule has 2 rings (SSSR count). The molecule has 0 unspecified atom stereocenters. The molecule has 5 nitrogen and oxygen atoms in total. The van der Waals surface area contributed by atoms with Gasteiger partial charge in [0, 0.05) is 23.5 Å². The monoisotopic (exact) mass is 392 g/mol. The van der Waals surface area contributed by atoms with Gasteiger partial charge in [-0.1, -0.05) is 37.6 Å². The topological polar surface area (TPSA) is 72.1 Å². The quantitative estimate of drug-likeness (QED) is 0.296. The van der Waals surface area contributed by atoms with Crippen LogP contribution >= 0.6 is 0 Å². The number of nitrogens with zero attached hydrogens (tertiary/aromatic N) is 2. The number of aryl methyl sites for hydroxylation is 3. The number of Topliss-reactive ketones (excluding diaryl/α,β-unsaturated/α-hetero) is 1. The first-order chi connectivity index (χ1) is 13.6. The molecule has 1 aromatic carbocycles. The van der Waals surface area contributed by atoms with Crippen LogP contribution in [-0.2, 0) is 16.1 Å². The summed E-state index contributed by atoms with van der Waals surface area (Å²) in [5.74, 6) is -0.601. The van der Waals surface area contributed by atoms with E-state index in [1.54, 1.807) is 6.07 Å². The van der Waals surface area contributed by atoms with Gasteiger partial charge in [-0.05, 0) is 56.9 Å². The van der Waals surface area contributed by atoms with E-state index in [9.17, 15) is 14.9 Å². The molecular weight excluding hydrogens is 364 g/mol. The first-order valence-electron chi connectivity index (χ1n) is 9.70. The van der Waals surface area contributed by atoms with Crippen molar-refractivity contribution in [1.82, 2.24) is 4.57 Å². The second-order valence-corrected chi connectivity index (χ2v) is 7.82. The second kappa shape index (κ2) is 9.38. The van der Waals surface area contributed by atoms with Gasteiger partial charge in [-0.25, -0.2) is 4.79 Å². The summed E-state index contributed by atoms with van der Waals surface area (Å²) < 4.78 is 7.29. The number of aromatic nitrogens is 1. The van der Waals surface area contributed by atoms with Gasteiger partial charge in [0.15, 0.2) is 6.61 Å². The van der Waals surface area contributed by atoms with E-state index >= 15 is 0 Å². The minimum absolute atomic E-state index is 0.122. The molecule has 0 spiro atoms. The molecule has 0 N–H and O–H groups in total. The molecule has 0 atom stereocenters. The van der Waals surface area contributed by atoms with Gasteiger partial charge >= 0.3 is 5.97 Å². The van der Waals surface area contributed by atoms with Gasteiger partial charge in [-0.3, -0.25) is 4.79 Å². The number of rotatable bonds is 7. The summed E-state index contributed by atoms with van der Waals surface area (Å²) in [5.41, 5.74) is 5.14. The molecule has 0 aliphatic rings. The van der Waals surface area contributed by atoms with Crippen molar-refractivity contribution in [3.05, 3.63) is 63.5 Å². The van der Waals surface area contributed by atoms with E-state index in [0.717, 1.165) is 34.6 Å². The average molecular weight is 392 g/mol. The highest BCUT2D eigenvalue weighted by Gasteiger charge is 2.17. The fourth-order valence-corrected chi connectivity index (χ4v) is 3.33. The first-order valence-corrected chi connectivity index (χ1v) is 9.70. The largest absolute Gasteiger partial charge is 0.453 e. The van der Waals surface area contributed by atoms with Crippen LogP contribution in [0.3, 0.4) is 0 Å². The van der Waals surface area contributed by atoms with Gasteiger partial charge in [0.2, 0.25) is 5.78 Å². The standard InChI is InChI=1S/C24H28N2O3/c1-15(2)13-26-18(5)10-20(19(26)6)11-21(12-25)24(28)29-14-23(27)22-8-7-16(3)9-17(22)4/h7-11,15H,13-14H2,1-6H3/b21-11+. The van der Waals surface area contributed by atoms with Crippen molar-refractivity contribution in [2.45, 2.75) is 48.1 Å². The molecule has 0 saturated carbocycles. The lowest BCUT2D eigenvalue weighted by Gasteiger charge is -2.12. The lowest BCUT2D eigenvalue weighted by atomic mass is 10.0. The van der Waals surface area contributed by atoms with Crippen molar-refractivity contribution in [2.75, 3.05) is 6.61 Å². The molecule has 2 aromatic rings. The Morgan fingerprint density at radius 3 is 2.45 bits per heavy atom. The highest BCUT2D eigenvalue weighted by Crippen LogP contribution is 2.20. The zero-order chi connectivity index (χ0) is 21.7. The summed E-state index contributed by atoms with van der Waals surface area (Å²) >= 11 is 0. The summed E-state index contributed by atoms with van der Waals surface area (Å²) in [6, 6.07) is 9.32. The third-order valence-corrected chi connectivity index (χ3v) is 4.82. The Labute approximate surface area is 172 Å². The molecule has 0 saturated heterocycles. The highest BCUT2D eigenvalue weighted by molar-refractivity contribution is 6.02. The van der Waals surface area contributed by atoms with Crippen LogP contribution < -0.4 is 0 Å². The molecule has 0 radical (unpaired) electrons. The number of hydrogen-bond acceptors (Lipinski definition) is 4. The van der Waals surface area contributed by atoms with Gasteiger partial charge in [0.1, 0.15) is 11.6 Å². The molecule has 1 heterocycles. The SMILES string of the molecule is Cc1ccc(C(=O)COC(=O)/C(C#N)=C/c2cc(C)n(CC(C)C)c2C)c(C)c1. The third-order valence-electron chi connectivity index (χ3n) is 4.82. The lowest BCUT2D eigenvalue weighted by Crippen LogP contribution is -2.16. The fraction of sp³-hybridized carbons (Fsp3) is 0.375. The number of ketones is 1. The van der Waals surface area contributed by atoms with Crippen LogP contribution in [0.15, 0.2) is 29.8 Å². The van der Waals surface area contributed by atoms with Gasteiger partial charge in [0.05, 0.1) is 0 Å². The minimum Gasteiger partial charge on any atom is -0.453 e. The Kier molecular flexibility index (Phi) is 7.17. The van der Waals surface area contributed by atoms with E-state index < -0.39 is 12.6 Å². The van der Waals surface area contributed by atoms with Crippen LogP contribution in [0.1, 0.15) is 52.3 Å². The Morgan fingerprint density at radius 2 is 1.86 bits per heavy atom. The average Bonchev–Trinajstić information content (AvgIpc) is 2.90. The molecule has 1 aromatic heterocycles. The smallest absolute Gasteiger partial charge is 0.349 e. The number of hydrogen-bond donors (Lipinski definition) is 0. The summed E-state index contributed by atoms with van der Waals surface area (Å²) in [6.45, 7) is 12.5. The predicted octanol–water partition coefficient (Wildman–Crippen LogP) is 4.71. The maximum atomic E-state index is 12.4. The third kappa shape index (κ3) is 5.45. The molecule has 0 bridgehead atoms. The molecule has 152 valence electrons. The summed E-state index contributed by atoms with van der Waals surface area (Å²) in [4.78, 5) is 24.7. The maximum Gasteiger partial charge on any atom is 0.349 e. The van der Waals surface area contributed by atoms with E-state index in [1.807, 2.05) is 52.0 Å². The van der Waals surface area contributed by atoms with Crippen molar-refractivity contribution >= 4 is 17.8 Å². The van der Waals surface area contributed by atoms with Crippen molar-refractivity contribution in [2.24, 2.45) is 5.92 Å². The molecule has 0 aliphatic carbocycles. The number of nitriles is 1. The van der Waals surface area contributed by atoms with Gasteiger partial charge in [-0.15, -0.1) is 0 Å². The van der Waals surface area contributed by atoms with Crippen LogP contribution in [0.25, 0.3) is 6.08 Å². The second-order valence-electron chi connectivity index (χ2n) is 7.82. The zero-order valence-corrected chi connectivity index (χ0v) is 18.0. The normalized spacial score (nSPS) is 11.4. The Bertz CT molecular complexity index is 1000. The number of benzene rings is 1. The molecule has 0 amide bonds. The molecule has 0 fully saturated rings. The highest BCUT2D eigenvalue weighted by atomic mass is 16.5. The summed E-state index contributed by atoms with van der Waals surface area (Å²) in [6.07, 6.45) is 1.53. The van der Waals surface area contributed by atoms with Crippen LogP contribution in [0, 0.1) is 44.9 Å². The number of ether oxygens (including phenoxy) is 1. The Balaban J connectivity index is 2.15. The summed E-state index contributed by atoms with van der Waals surface area (Å²) in [7, 11) is 0. The summed E-state index contributed by atoms with van der Waals surface area (Å²) in [5, 5.41) is 9.42. The minimum atomic E-state index is -0.792. The van der Waals surface area contributed by atoms with Crippen molar-refractivity contribution in [1.29, 1.82) is 5.26 Å². The number of esters is 1. The fourth-order valence-electron chi connectivity index (χ4n) is 3.33. The Morgan fingerprint density at radius 1 is 1.17 bits per heavy atom. The number of carbonyl (C=O) groups is 2. The molecule has 29 heavy (non-hydrogen) atoms. The van der Waals surface area contributed by atoms with Crippen molar-refractivity contribution in [3.8, 4) is 6.07 Å². The van der Waals surface area contributed by atoms with Crippen LogP contribution in [0.4, 0.5) is 0 Å². The molecular formula is C24H28N2O3. The van der Waals surface area contributed by atoms with Gasteiger partial charge in [-0.2, -0.15) is 5.26 Å². The van der Waals surface area contributed by atoms with E-state index in [4.69, 9.17) is 4.74 Å². The van der Waals surface area contributed by atoms with Crippen LogP contribution in [0.5, 0.6) is 0 Å². The predicted molar refractivity (Wildman–Crippen MR) is 114 cm³/mol. The number of carbonyl (C=O) groups excluding carboxylic acids is 2. The van der Waals surface area contributed by atoms with E-state index in [2.05, 4.69) is 18.4 Å². The van der Waals surface area contributed by atoms with Crippen LogP contribution in [-0.4, -0.2) is 22.9 Å². The van der Waals surface area contributed by atoms with E-state index in [1.165, 1.54) is 6.08 Å². The first kappa shape index (κ1) is 22.2. The van der Waals surface area contributed by atoms with Crippen LogP contribution in [0.2, 0.25) is 0 Å². The Hall–Kier alpha value is -3.13. The zero-order valence-electron chi connectivity index (χ0n) is 18.0. The van der Waals surface area contributed by atoms with Gasteiger partial charge in [0.25, 0.3) is 0 Å². The van der Waals surface area contributed by atoms with Crippen molar-refractivity contribution in [3.63, 3.8) is 0 Å². The van der Waals surface area contributed by atoms with E-state index in [-0.39, 0.29) is 11.4 Å². The van der Waals surface area contributed by atoms with Gasteiger partial charge < -0.3 is 9.30 Å². The maximum absolute atomic E-state index is 12.4. The lowest BCUT2D eigenvalue weighted by molar-refractivity contribution is -0.137. The van der Waals surface area contributed by atoms with E-state index in [0.29, 0.717) is 11.5 Å². The molecule has 5 heteroatoms.